The van der Waals surface area contributed by atoms with Crippen LogP contribution in [0.3, 0.4) is 0 Å². The minimum atomic E-state index is -3.82. The van der Waals surface area contributed by atoms with Crippen LogP contribution in [0.15, 0.2) is 71.1 Å². The summed E-state index contributed by atoms with van der Waals surface area (Å²) in [6.45, 7) is 5.37. The number of carbonyl (C=O) groups is 2. The number of furan rings is 1. The van der Waals surface area contributed by atoms with Gasteiger partial charge in [0.2, 0.25) is 10.0 Å². The largest absolute Gasteiger partial charge is 0.455 e. The maximum absolute atomic E-state index is 13.8. The zero-order valence-corrected chi connectivity index (χ0v) is 29.6. The van der Waals surface area contributed by atoms with Crippen molar-refractivity contribution in [3.05, 3.63) is 94.8 Å². The van der Waals surface area contributed by atoms with Gasteiger partial charge in [0, 0.05) is 54.2 Å². The van der Waals surface area contributed by atoms with Gasteiger partial charge in [-0.25, -0.2) is 27.2 Å². The van der Waals surface area contributed by atoms with Crippen LogP contribution in [-0.2, 0) is 26.8 Å². The highest BCUT2D eigenvalue weighted by Gasteiger charge is 2.38. The maximum Gasteiger partial charge on any atom is 0.419 e. The number of anilines is 1. The fraction of sp³-hybridized carbons (Fsp3) is 0.237. The minimum absolute atomic E-state index is 0.169. The van der Waals surface area contributed by atoms with Crippen molar-refractivity contribution in [2.45, 2.75) is 32.8 Å². The van der Waals surface area contributed by atoms with E-state index in [1.54, 1.807) is 18.2 Å². The third-order valence-corrected chi connectivity index (χ3v) is 10.7. The normalized spacial score (nSPS) is 13.8. The molecule has 0 radical (unpaired) electrons. The number of nitrogens with zero attached hydrogens (tertiary/aromatic N) is 3. The van der Waals surface area contributed by atoms with Crippen LogP contribution in [0.1, 0.15) is 40.9 Å². The molecular formula is C38H35FN4O7S. The Bertz CT molecular complexity index is 2540. The lowest BCUT2D eigenvalue weighted by molar-refractivity contribution is 0.0334. The molecule has 0 saturated heterocycles. The van der Waals surface area contributed by atoms with Gasteiger partial charge in [-0.3, -0.25) is 9.10 Å². The van der Waals surface area contributed by atoms with Gasteiger partial charge in [-0.05, 0) is 74.7 Å². The number of sulfonamides is 1. The molecule has 0 atom stereocenters. The summed E-state index contributed by atoms with van der Waals surface area (Å²) in [6, 6.07) is 17.9. The van der Waals surface area contributed by atoms with E-state index in [1.165, 1.54) is 49.0 Å². The van der Waals surface area contributed by atoms with Crippen molar-refractivity contribution in [3.63, 3.8) is 0 Å². The van der Waals surface area contributed by atoms with Crippen molar-refractivity contribution in [2.24, 2.45) is 0 Å². The minimum Gasteiger partial charge on any atom is -0.455 e. The van der Waals surface area contributed by atoms with E-state index in [0.717, 1.165) is 27.1 Å². The molecule has 2 N–H and O–H groups in total. The number of hydrogen-bond donors (Lipinski definition) is 2. The van der Waals surface area contributed by atoms with E-state index in [1.807, 2.05) is 39.0 Å². The quantitative estimate of drug-likeness (QED) is 0.177. The summed E-state index contributed by atoms with van der Waals surface area (Å²) in [6.07, 6.45) is 0.710. The highest BCUT2D eigenvalue weighted by atomic mass is 32.2. The van der Waals surface area contributed by atoms with Gasteiger partial charge in [-0.2, -0.15) is 0 Å². The molecule has 0 bridgehead atoms. The van der Waals surface area contributed by atoms with Crippen molar-refractivity contribution in [3.8, 4) is 34.0 Å². The molecule has 0 fully saturated rings. The second-order valence-electron chi connectivity index (χ2n) is 13.1. The summed E-state index contributed by atoms with van der Waals surface area (Å²) in [5.74, 6) is -0.758. The third-order valence-electron chi connectivity index (χ3n) is 9.48. The molecule has 51 heavy (non-hydrogen) atoms. The second-order valence-corrected chi connectivity index (χ2v) is 15.1. The number of para-hydroxylation sites is 1. The highest BCUT2D eigenvalue weighted by molar-refractivity contribution is 7.92. The summed E-state index contributed by atoms with van der Waals surface area (Å²) in [4.78, 5) is 32.2. The number of pyridine rings is 1. The molecule has 262 valence electrons. The number of hydrogen-bond acceptors (Lipinski definition) is 8. The lowest BCUT2D eigenvalue weighted by atomic mass is 9.94. The van der Waals surface area contributed by atoms with Crippen LogP contribution in [0, 0.1) is 12.7 Å². The van der Waals surface area contributed by atoms with Crippen molar-refractivity contribution in [2.75, 3.05) is 31.3 Å². The van der Waals surface area contributed by atoms with Gasteiger partial charge in [0.05, 0.1) is 40.1 Å². The molecule has 0 aliphatic carbocycles. The lowest BCUT2D eigenvalue weighted by Crippen LogP contribution is -2.34. The van der Waals surface area contributed by atoms with Crippen LogP contribution in [0.2, 0.25) is 0 Å². The Labute approximate surface area is 293 Å². The Morgan fingerprint density at radius 1 is 1.08 bits per heavy atom. The van der Waals surface area contributed by atoms with Gasteiger partial charge in [-0.1, -0.05) is 24.3 Å². The van der Waals surface area contributed by atoms with E-state index < -0.39 is 33.4 Å². The zero-order chi connectivity index (χ0) is 36.6. The van der Waals surface area contributed by atoms with Gasteiger partial charge in [0.1, 0.15) is 22.8 Å². The number of rotatable bonds is 8. The Morgan fingerprint density at radius 2 is 1.80 bits per heavy atom. The summed E-state index contributed by atoms with van der Waals surface area (Å²) in [7, 11) is -0.944. The zero-order valence-electron chi connectivity index (χ0n) is 28.8. The predicted molar refractivity (Wildman–Crippen MR) is 193 cm³/mol. The van der Waals surface area contributed by atoms with E-state index in [9.17, 15) is 27.5 Å². The molecule has 3 aromatic heterocycles. The van der Waals surface area contributed by atoms with Crippen LogP contribution >= 0.6 is 0 Å². The van der Waals surface area contributed by atoms with E-state index in [-0.39, 0.29) is 35.6 Å². The molecule has 0 unspecified atom stereocenters. The van der Waals surface area contributed by atoms with Crippen LogP contribution in [0.4, 0.5) is 14.9 Å². The first-order valence-corrected chi connectivity index (χ1v) is 18.0. The number of nitrogens with one attached hydrogen (secondary N) is 1. The van der Waals surface area contributed by atoms with Gasteiger partial charge >= 0.3 is 6.09 Å². The number of amides is 1. The standard InChI is InChI=1S/C38H35FN4O7S/c1-20-24-8-7-9-27-34(24)43(37(46)50-38(27,2)3)33(20)32-21(16-17-44)12-15-28(41-32)25-18-26-30(19-29(25)42(5)51(6,47)48)49-35(31(26)36(45)40-4)22-10-13-23(39)14-11-22/h7-15,18-19,44H,16-17H2,1-6H3,(H,40,45). The Kier molecular flexibility index (Phi) is 8.03. The number of cyclic esters (lactones) is 1. The van der Waals surface area contributed by atoms with Gasteiger partial charge in [0.25, 0.3) is 5.91 Å². The number of aromatic nitrogens is 2. The first kappa shape index (κ1) is 33.9. The molecule has 0 saturated carbocycles. The van der Waals surface area contributed by atoms with Crippen LogP contribution < -0.4 is 9.62 Å². The van der Waals surface area contributed by atoms with E-state index in [0.29, 0.717) is 44.7 Å². The highest BCUT2D eigenvalue weighted by Crippen LogP contribution is 2.45. The van der Waals surface area contributed by atoms with E-state index in [4.69, 9.17) is 14.1 Å². The summed E-state index contributed by atoms with van der Waals surface area (Å²) in [5.41, 5.74) is 4.67. The molecular weight excluding hydrogens is 676 g/mol. The number of ether oxygens (including phenoxy) is 1. The maximum atomic E-state index is 13.8. The molecule has 6 aromatic rings. The first-order chi connectivity index (χ1) is 24.2. The van der Waals surface area contributed by atoms with E-state index >= 15 is 0 Å². The third kappa shape index (κ3) is 5.44. The number of carbonyl (C=O) groups excluding carboxylic acids is 2. The summed E-state index contributed by atoms with van der Waals surface area (Å²) < 4.78 is 54.6. The Balaban J connectivity index is 1.55. The Hall–Kier alpha value is -5.53. The van der Waals surface area contributed by atoms with Gasteiger partial charge in [-0.15, -0.1) is 0 Å². The smallest absolute Gasteiger partial charge is 0.419 e. The Morgan fingerprint density at radius 3 is 2.47 bits per heavy atom. The molecule has 0 spiro atoms. The molecule has 4 heterocycles. The first-order valence-electron chi connectivity index (χ1n) is 16.2. The monoisotopic (exact) mass is 710 g/mol. The molecule has 1 amide bonds. The van der Waals surface area contributed by atoms with Crippen molar-refractivity contribution in [1.82, 2.24) is 14.9 Å². The van der Waals surface area contributed by atoms with Gasteiger partial charge < -0.3 is 19.6 Å². The average Bonchev–Trinajstić information content (AvgIpc) is 3.61. The second kappa shape index (κ2) is 12.1. The number of aryl methyl sites for hydroxylation is 1. The predicted octanol–water partition coefficient (Wildman–Crippen LogP) is 6.75. The fourth-order valence-electron chi connectivity index (χ4n) is 6.86. The number of aliphatic hydroxyl groups excluding tert-OH is 1. The molecule has 13 heteroatoms. The van der Waals surface area contributed by atoms with Gasteiger partial charge in [0.15, 0.2) is 0 Å². The topological polar surface area (TPSA) is 144 Å². The SMILES string of the molecule is CNC(=O)c1c(-c2ccc(F)cc2)oc2cc(N(C)S(C)(=O)=O)c(-c3ccc(CCO)c(-c4c(C)c5cccc6c5n4C(=O)OC6(C)C)n3)cc12. The lowest BCUT2D eigenvalue weighted by Gasteiger charge is -2.31. The van der Waals surface area contributed by atoms with Crippen molar-refractivity contribution >= 4 is 49.6 Å². The fourth-order valence-corrected chi connectivity index (χ4v) is 7.37. The average molecular weight is 711 g/mol. The molecule has 1 aliphatic heterocycles. The number of halogens is 1. The molecule has 1 aliphatic rings. The number of fused-ring (bicyclic) bond motifs is 1. The molecule has 7 rings (SSSR count). The van der Waals surface area contributed by atoms with E-state index in [2.05, 4.69) is 5.32 Å². The number of aliphatic hydroxyl groups is 1. The summed E-state index contributed by atoms with van der Waals surface area (Å²) >= 11 is 0. The van der Waals surface area contributed by atoms with Crippen molar-refractivity contribution < 1.29 is 36.7 Å². The molecule has 11 nitrogen and oxygen atoms in total. The molecule has 3 aromatic carbocycles. The van der Waals surface area contributed by atoms with Crippen LogP contribution in [-0.4, -0.2) is 62.0 Å². The van der Waals surface area contributed by atoms with Crippen LogP contribution in [0.5, 0.6) is 0 Å². The summed E-state index contributed by atoms with van der Waals surface area (Å²) in [5, 5.41) is 13.9. The van der Waals surface area contributed by atoms with Crippen LogP contribution in [0.25, 0.3) is 55.8 Å². The number of benzene rings is 3. The van der Waals surface area contributed by atoms with Crippen molar-refractivity contribution in [1.29, 1.82) is 0 Å².